The summed E-state index contributed by atoms with van der Waals surface area (Å²) in [6.07, 6.45) is 8.44. The molecule has 1 atom stereocenters. The van der Waals surface area contributed by atoms with Crippen LogP contribution < -0.4 is 5.32 Å². The van der Waals surface area contributed by atoms with Crippen molar-refractivity contribution < 1.29 is 4.79 Å². The molecule has 2 aromatic rings. The summed E-state index contributed by atoms with van der Waals surface area (Å²) in [5, 5.41) is 7.48. The van der Waals surface area contributed by atoms with Gasteiger partial charge in [0.2, 0.25) is 5.91 Å². The minimum absolute atomic E-state index is 0.148. The third-order valence-corrected chi connectivity index (χ3v) is 5.67. The van der Waals surface area contributed by atoms with Crippen molar-refractivity contribution in [1.29, 1.82) is 0 Å². The fraction of sp³-hybridized carbons (Fsp3) is 0.500. The Morgan fingerprint density at radius 2 is 2.08 bits per heavy atom. The molecule has 2 fully saturated rings. The van der Waals surface area contributed by atoms with Crippen molar-refractivity contribution in [2.45, 2.75) is 43.7 Å². The molecule has 2 aliphatic rings. The molecule has 0 bridgehead atoms. The van der Waals surface area contributed by atoms with Crippen LogP contribution in [0.15, 0.2) is 48.8 Å². The van der Waals surface area contributed by atoms with E-state index in [0.29, 0.717) is 12.6 Å². The Morgan fingerprint density at radius 3 is 2.80 bits per heavy atom. The van der Waals surface area contributed by atoms with Gasteiger partial charge in [-0.2, -0.15) is 5.10 Å². The number of amides is 1. The summed E-state index contributed by atoms with van der Waals surface area (Å²) in [5.74, 6) is 0.148. The quantitative estimate of drug-likeness (QED) is 0.842. The second-order valence-electron chi connectivity index (χ2n) is 7.42. The predicted octanol–water partition coefficient (Wildman–Crippen LogP) is 2.20. The second-order valence-corrected chi connectivity index (χ2v) is 7.42. The first kappa shape index (κ1) is 16.3. The van der Waals surface area contributed by atoms with E-state index in [-0.39, 0.29) is 11.3 Å². The molecule has 1 aromatic heterocycles. The number of hydrogen-bond acceptors (Lipinski definition) is 3. The van der Waals surface area contributed by atoms with E-state index in [1.54, 1.807) is 0 Å². The SMILES string of the molecule is O=C(CN1CCC[C@@H]1Cn1cccn1)NCC1(c2ccccc2)CC1. The highest BCUT2D eigenvalue weighted by Crippen LogP contribution is 2.47. The first-order valence-corrected chi connectivity index (χ1v) is 9.29. The number of rotatable bonds is 7. The van der Waals surface area contributed by atoms with Crippen LogP contribution >= 0.6 is 0 Å². The topological polar surface area (TPSA) is 50.2 Å². The van der Waals surface area contributed by atoms with E-state index in [1.165, 1.54) is 18.4 Å². The molecular formula is C20H26N4O. The number of nitrogens with one attached hydrogen (secondary N) is 1. The molecule has 1 amide bonds. The molecular weight excluding hydrogens is 312 g/mol. The maximum Gasteiger partial charge on any atom is 0.234 e. The van der Waals surface area contributed by atoms with Crippen LogP contribution in [0, 0.1) is 0 Å². The Kier molecular flexibility index (Phi) is 4.57. The van der Waals surface area contributed by atoms with Gasteiger partial charge in [-0.15, -0.1) is 0 Å². The smallest absolute Gasteiger partial charge is 0.234 e. The zero-order chi connectivity index (χ0) is 17.1. The number of aromatic nitrogens is 2. The van der Waals surface area contributed by atoms with Crippen molar-refractivity contribution in [2.24, 2.45) is 0 Å². The van der Waals surface area contributed by atoms with Crippen LogP contribution in [0.3, 0.4) is 0 Å². The minimum atomic E-state index is 0.148. The van der Waals surface area contributed by atoms with Gasteiger partial charge in [0.05, 0.1) is 13.1 Å². The van der Waals surface area contributed by atoms with Crippen molar-refractivity contribution in [3.05, 3.63) is 54.4 Å². The van der Waals surface area contributed by atoms with Gasteiger partial charge in [-0.3, -0.25) is 14.4 Å². The van der Waals surface area contributed by atoms with E-state index in [4.69, 9.17) is 0 Å². The zero-order valence-corrected chi connectivity index (χ0v) is 14.6. The molecule has 1 N–H and O–H groups in total. The molecule has 1 aliphatic carbocycles. The zero-order valence-electron chi connectivity index (χ0n) is 14.6. The van der Waals surface area contributed by atoms with Crippen molar-refractivity contribution in [3.63, 3.8) is 0 Å². The lowest BCUT2D eigenvalue weighted by Crippen LogP contribution is -2.43. The number of benzene rings is 1. The largest absolute Gasteiger partial charge is 0.354 e. The lowest BCUT2D eigenvalue weighted by molar-refractivity contribution is -0.122. The third-order valence-electron chi connectivity index (χ3n) is 5.67. The van der Waals surface area contributed by atoms with Crippen LogP contribution in [-0.2, 0) is 16.8 Å². The van der Waals surface area contributed by atoms with Gasteiger partial charge in [-0.05, 0) is 43.9 Å². The number of carbonyl (C=O) groups excluding carboxylic acids is 1. The number of carbonyl (C=O) groups is 1. The molecule has 25 heavy (non-hydrogen) atoms. The van der Waals surface area contributed by atoms with Gasteiger partial charge in [0.25, 0.3) is 0 Å². The fourth-order valence-electron chi connectivity index (χ4n) is 3.95. The van der Waals surface area contributed by atoms with Gasteiger partial charge in [0.15, 0.2) is 0 Å². The highest BCUT2D eigenvalue weighted by atomic mass is 16.2. The Hall–Kier alpha value is -2.14. The monoisotopic (exact) mass is 338 g/mol. The van der Waals surface area contributed by atoms with E-state index < -0.39 is 0 Å². The van der Waals surface area contributed by atoms with E-state index in [2.05, 4.69) is 39.6 Å². The maximum absolute atomic E-state index is 12.5. The molecule has 5 nitrogen and oxygen atoms in total. The molecule has 132 valence electrons. The summed E-state index contributed by atoms with van der Waals surface area (Å²) in [4.78, 5) is 14.8. The predicted molar refractivity (Wildman–Crippen MR) is 97.2 cm³/mol. The first-order valence-electron chi connectivity index (χ1n) is 9.29. The molecule has 2 heterocycles. The van der Waals surface area contributed by atoms with Crippen molar-refractivity contribution in [2.75, 3.05) is 19.6 Å². The van der Waals surface area contributed by atoms with Gasteiger partial charge in [-0.1, -0.05) is 30.3 Å². The highest BCUT2D eigenvalue weighted by Gasteiger charge is 2.44. The van der Waals surface area contributed by atoms with Crippen LogP contribution in [0.2, 0.25) is 0 Å². The molecule has 4 rings (SSSR count). The lowest BCUT2D eigenvalue weighted by atomic mass is 9.96. The molecule has 0 spiro atoms. The van der Waals surface area contributed by atoms with Gasteiger partial charge in [0, 0.05) is 30.4 Å². The van der Waals surface area contributed by atoms with Crippen LogP contribution in [0.5, 0.6) is 0 Å². The second kappa shape index (κ2) is 7.00. The normalized spacial score (nSPS) is 22.0. The van der Waals surface area contributed by atoms with Crippen LogP contribution in [0.1, 0.15) is 31.2 Å². The van der Waals surface area contributed by atoms with Gasteiger partial charge >= 0.3 is 0 Å². The standard InChI is InChI=1S/C20H26N4O/c25-19(21-16-20(9-10-20)17-6-2-1-3-7-17)15-23-12-4-8-18(23)14-24-13-5-11-22-24/h1-3,5-7,11,13,18H,4,8-10,12,14-16H2,(H,21,25)/t18-/m1/s1. The van der Waals surface area contributed by atoms with Gasteiger partial charge in [0.1, 0.15) is 0 Å². The third kappa shape index (κ3) is 3.76. The summed E-state index contributed by atoms with van der Waals surface area (Å²) >= 11 is 0. The van der Waals surface area contributed by atoms with E-state index >= 15 is 0 Å². The van der Waals surface area contributed by atoms with E-state index in [1.807, 2.05) is 29.2 Å². The number of nitrogens with zero attached hydrogens (tertiary/aromatic N) is 3. The summed E-state index contributed by atoms with van der Waals surface area (Å²) in [7, 11) is 0. The summed E-state index contributed by atoms with van der Waals surface area (Å²) < 4.78 is 1.97. The Balaban J connectivity index is 1.29. The van der Waals surface area contributed by atoms with Crippen molar-refractivity contribution in [3.8, 4) is 0 Å². The Morgan fingerprint density at radius 1 is 1.24 bits per heavy atom. The lowest BCUT2D eigenvalue weighted by Gasteiger charge is -2.24. The molecule has 1 saturated heterocycles. The highest BCUT2D eigenvalue weighted by molar-refractivity contribution is 5.78. The molecule has 5 heteroatoms. The van der Waals surface area contributed by atoms with Crippen molar-refractivity contribution in [1.82, 2.24) is 20.0 Å². The molecule has 1 saturated carbocycles. The molecule has 1 aliphatic heterocycles. The molecule has 0 unspecified atom stereocenters. The Labute approximate surface area is 149 Å². The molecule has 0 radical (unpaired) electrons. The average Bonchev–Trinajstić information content (AvgIpc) is 3.02. The van der Waals surface area contributed by atoms with Crippen LogP contribution in [0.25, 0.3) is 0 Å². The average molecular weight is 338 g/mol. The van der Waals surface area contributed by atoms with Crippen LogP contribution in [0.4, 0.5) is 0 Å². The summed E-state index contributed by atoms with van der Waals surface area (Å²) in [6, 6.07) is 12.9. The van der Waals surface area contributed by atoms with Crippen molar-refractivity contribution >= 4 is 5.91 Å². The summed E-state index contributed by atoms with van der Waals surface area (Å²) in [5.41, 5.74) is 1.53. The number of hydrogen-bond donors (Lipinski definition) is 1. The van der Waals surface area contributed by atoms with Crippen LogP contribution in [-0.4, -0.2) is 46.3 Å². The minimum Gasteiger partial charge on any atom is -0.354 e. The van der Waals surface area contributed by atoms with Gasteiger partial charge in [-0.25, -0.2) is 0 Å². The Bertz CT molecular complexity index is 694. The fourth-order valence-corrected chi connectivity index (χ4v) is 3.95. The van der Waals surface area contributed by atoms with E-state index in [0.717, 1.165) is 32.5 Å². The van der Waals surface area contributed by atoms with E-state index in [9.17, 15) is 4.79 Å². The maximum atomic E-state index is 12.5. The first-order chi connectivity index (χ1) is 12.3. The van der Waals surface area contributed by atoms with Gasteiger partial charge < -0.3 is 5.32 Å². The molecule has 1 aromatic carbocycles. The number of likely N-dealkylation sites (tertiary alicyclic amines) is 1. The summed E-state index contributed by atoms with van der Waals surface area (Å²) in [6.45, 7) is 3.13.